The maximum atomic E-state index is 11.7. The number of rotatable bonds is 5. The van der Waals surface area contributed by atoms with Gasteiger partial charge in [-0.2, -0.15) is 0 Å². The van der Waals surface area contributed by atoms with Gasteiger partial charge in [0.1, 0.15) is 6.04 Å². The van der Waals surface area contributed by atoms with E-state index in [9.17, 15) is 4.79 Å². The third kappa shape index (κ3) is 5.17. The zero-order valence-corrected chi connectivity index (χ0v) is 13.7. The number of halogens is 1. The molecule has 1 unspecified atom stereocenters. The van der Waals surface area contributed by atoms with Crippen LogP contribution in [0.15, 0.2) is 54.6 Å². The van der Waals surface area contributed by atoms with Gasteiger partial charge in [-0.25, -0.2) is 0 Å². The zero-order chi connectivity index (χ0) is 15.2. The van der Waals surface area contributed by atoms with Gasteiger partial charge >= 0.3 is 5.97 Å². The highest BCUT2D eigenvalue weighted by atomic mass is 35.5. The largest absolute Gasteiger partial charge is 0.462 e. The van der Waals surface area contributed by atoms with Crippen molar-refractivity contribution in [2.75, 3.05) is 0 Å². The first-order valence-corrected chi connectivity index (χ1v) is 7.16. The van der Waals surface area contributed by atoms with Crippen LogP contribution in [0, 0.1) is 0 Å². The number of hydrogen-bond donors (Lipinski definition) is 1. The van der Waals surface area contributed by atoms with Crippen LogP contribution in [0.25, 0.3) is 11.1 Å². The average molecular weight is 320 g/mol. The molecule has 0 saturated carbocycles. The Bertz CT molecular complexity index is 582. The third-order valence-corrected chi connectivity index (χ3v) is 3.17. The normalized spacial score (nSPS) is 11.6. The number of benzene rings is 2. The van der Waals surface area contributed by atoms with Gasteiger partial charge in [-0.1, -0.05) is 54.6 Å². The first-order valence-electron chi connectivity index (χ1n) is 7.16. The minimum absolute atomic E-state index is 0. The Hall–Kier alpha value is -1.84. The highest BCUT2D eigenvalue weighted by molar-refractivity contribution is 5.85. The van der Waals surface area contributed by atoms with Gasteiger partial charge in [-0.05, 0) is 37.0 Å². The van der Waals surface area contributed by atoms with Crippen molar-refractivity contribution in [2.45, 2.75) is 32.4 Å². The van der Waals surface area contributed by atoms with Crippen LogP contribution in [-0.4, -0.2) is 18.1 Å². The summed E-state index contributed by atoms with van der Waals surface area (Å²) >= 11 is 0. The van der Waals surface area contributed by atoms with Gasteiger partial charge in [-0.3, -0.25) is 4.79 Å². The summed E-state index contributed by atoms with van der Waals surface area (Å²) in [6.07, 6.45) is 0.352. The molecule has 0 heterocycles. The van der Waals surface area contributed by atoms with Crippen molar-refractivity contribution in [3.05, 3.63) is 60.2 Å². The monoisotopic (exact) mass is 319 g/mol. The maximum Gasteiger partial charge on any atom is 0.323 e. The molecule has 22 heavy (non-hydrogen) atoms. The lowest BCUT2D eigenvalue weighted by molar-refractivity contribution is -0.148. The zero-order valence-electron chi connectivity index (χ0n) is 12.9. The molecule has 118 valence electrons. The molecule has 0 aliphatic heterocycles. The van der Waals surface area contributed by atoms with E-state index in [4.69, 9.17) is 10.5 Å². The fraction of sp³-hybridized carbons (Fsp3) is 0.278. The van der Waals surface area contributed by atoms with E-state index in [0.29, 0.717) is 6.42 Å². The second-order valence-electron chi connectivity index (χ2n) is 5.36. The number of esters is 1. The Labute approximate surface area is 137 Å². The van der Waals surface area contributed by atoms with Crippen LogP contribution in [0.2, 0.25) is 0 Å². The summed E-state index contributed by atoms with van der Waals surface area (Å²) in [4.78, 5) is 11.7. The van der Waals surface area contributed by atoms with Crippen LogP contribution >= 0.6 is 12.4 Å². The molecule has 2 aromatic carbocycles. The molecule has 0 radical (unpaired) electrons. The lowest BCUT2D eigenvalue weighted by Crippen LogP contribution is -2.35. The van der Waals surface area contributed by atoms with Crippen LogP contribution in [0.1, 0.15) is 19.4 Å². The summed E-state index contributed by atoms with van der Waals surface area (Å²) in [6, 6.07) is 17.7. The van der Waals surface area contributed by atoms with E-state index < -0.39 is 6.04 Å². The molecule has 2 N–H and O–H groups in total. The molecule has 0 saturated heterocycles. The van der Waals surface area contributed by atoms with E-state index in [0.717, 1.165) is 11.1 Å². The van der Waals surface area contributed by atoms with E-state index in [1.165, 1.54) is 5.56 Å². The minimum Gasteiger partial charge on any atom is -0.462 e. The smallest absolute Gasteiger partial charge is 0.323 e. The number of carbonyl (C=O) groups excluding carboxylic acids is 1. The van der Waals surface area contributed by atoms with Crippen molar-refractivity contribution in [2.24, 2.45) is 5.73 Å². The Morgan fingerprint density at radius 1 is 1.00 bits per heavy atom. The lowest BCUT2D eigenvalue weighted by atomic mass is 10.0. The molecule has 4 heteroatoms. The Balaban J connectivity index is 0.00000242. The number of ether oxygens (including phenoxy) is 1. The molecular formula is C18H22ClNO2. The molecule has 0 spiro atoms. The van der Waals surface area contributed by atoms with E-state index in [1.807, 2.05) is 56.3 Å². The van der Waals surface area contributed by atoms with Crippen molar-refractivity contribution in [3.63, 3.8) is 0 Å². The Morgan fingerprint density at radius 3 is 2.09 bits per heavy atom. The van der Waals surface area contributed by atoms with Crippen LogP contribution < -0.4 is 5.73 Å². The minimum atomic E-state index is -0.616. The Kier molecular flexibility index (Phi) is 7.09. The van der Waals surface area contributed by atoms with Crippen molar-refractivity contribution >= 4 is 18.4 Å². The SMILES string of the molecule is CC(C)OC(=O)C(N)Cc1ccc(-c2ccccc2)cc1.Cl. The molecule has 3 nitrogen and oxygen atoms in total. The standard InChI is InChI=1S/C18H21NO2.ClH/c1-13(2)21-18(20)17(19)12-14-8-10-16(11-9-14)15-6-4-3-5-7-15;/h3-11,13,17H,12,19H2,1-2H3;1H. The molecule has 0 amide bonds. The number of carbonyl (C=O) groups is 1. The summed E-state index contributed by atoms with van der Waals surface area (Å²) in [7, 11) is 0. The summed E-state index contributed by atoms with van der Waals surface area (Å²) in [6.45, 7) is 3.64. The van der Waals surface area contributed by atoms with Crippen molar-refractivity contribution in [1.82, 2.24) is 0 Å². The van der Waals surface area contributed by atoms with Crippen LogP contribution in [-0.2, 0) is 16.0 Å². The van der Waals surface area contributed by atoms with Crippen molar-refractivity contribution < 1.29 is 9.53 Å². The molecule has 0 aromatic heterocycles. The molecule has 0 bridgehead atoms. The number of hydrogen-bond acceptors (Lipinski definition) is 3. The predicted molar refractivity (Wildman–Crippen MR) is 92.0 cm³/mol. The molecule has 0 aliphatic rings. The van der Waals surface area contributed by atoms with Crippen molar-refractivity contribution in [1.29, 1.82) is 0 Å². The van der Waals surface area contributed by atoms with Crippen molar-refractivity contribution in [3.8, 4) is 11.1 Å². The van der Waals surface area contributed by atoms with Gasteiger partial charge in [-0.15, -0.1) is 12.4 Å². The summed E-state index contributed by atoms with van der Waals surface area (Å²) < 4.78 is 5.11. The third-order valence-electron chi connectivity index (χ3n) is 3.17. The second-order valence-corrected chi connectivity index (χ2v) is 5.36. The van der Waals surface area contributed by atoms with Gasteiger partial charge in [0, 0.05) is 0 Å². The fourth-order valence-corrected chi connectivity index (χ4v) is 2.12. The lowest BCUT2D eigenvalue weighted by Gasteiger charge is -2.14. The quantitative estimate of drug-likeness (QED) is 0.857. The van der Waals surface area contributed by atoms with E-state index in [-0.39, 0.29) is 24.5 Å². The van der Waals surface area contributed by atoms with Gasteiger partial charge in [0.05, 0.1) is 6.10 Å². The first kappa shape index (κ1) is 18.2. The molecule has 2 aromatic rings. The summed E-state index contributed by atoms with van der Waals surface area (Å²) in [5, 5.41) is 0. The van der Waals surface area contributed by atoms with Gasteiger partial charge in [0.25, 0.3) is 0 Å². The highest BCUT2D eigenvalue weighted by Gasteiger charge is 2.16. The number of nitrogens with two attached hydrogens (primary N) is 1. The van der Waals surface area contributed by atoms with Crippen LogP contribution in [0.3, 0.4) is 0 Å². The van der Waals surface area contributed by atoms with E-state index in [1.54, 1.807) is 0 Å². The predicted octanol–water partition coefficient (Wildman–Crippen LogP) is 3.60. The highest BCUT2D eigenvalue weighted by Crippen LogP contribution is 2.19. The summed E-state index contributed by atoms with van der Waals surface area (Å²) in [5.74, 6) is -0.350. The van der Waals surface area contributed by atoms with Crippen LogP contribution in [0.4, 0.5) is 0 Å². The van der Waals surface area contributed by atoms with E-state index in [2.05, 4.69) is 12.1 Å². The second kappa shape index (κ2) is 8.57. The fourth-order valence-electron chi connectivity index (χ4n) is 2.12. The first-order chi connectivity index (χ1) is 10.1. The molecule has 2 rings (SSSR count). The average Bonchev–Trinajstić information content (AvgIpc) is 2.48. The summed E-state index contributed by atoms with van der Waals surface area (Å²) in [5.41, 5.74) is 9.23. The Morgan fingerprint density at radius 2 is 1.55 bits per heavy atom. The van der Waals surface area contributed by atoms with E-state index >= 15 is 0 Å². The van der Waals surface area contributed by atoms with Gasteiger partial charge < -0.3 is 10.5 Å². The van der Waals surface area contributed by atoms with Crippen LogP contribution in [0.5, 0.6) is 0 Å². The van der Waals surface area contributed by atoms with Gasteiger partial charge in [0.15, 0.2) is 0 Å². The molecule has 1 atom stereocenters. The molecule has 0 fully saturated rings. The molecule has 0 aliphatic carbocycles. The maximum absolute atomic E-state index is 11.7. The van der Waals surface area contributed by atoms with Gasteiger partial charge in [0.2, 0.25) is 0 Å². The topological polar surface area (TPSA) is 52.3 Å². The molecular weight excluding hydrogens is 298 g/mol.